The minimum Gasteiger partial charge on any atom is -0.493 e. The van der Waals surface area contributed by atoms with E-state index >= 15 is 0 Å². The topological polar surface area (TPSA) is 73.6 Å². The summed E-state index contributed by atoms with van der Waals surface area (Å²) in [4.78, 5) is 11.4. The number of aliphatic hydroxyl groups excluding tert-OH is 1. The monoisotopic (exact) mass is 228 g/mol. The number of aliphatic hydroxyl groups is 1. The molecule has 1 heterocycles. The molecule has 1 rings (SSSR count). The Morgan fingerprint density at radius 2 is 2.31 bits per heavy atom. The number of hydrogen-bond donors (Lipinski definition) is 1. The maximum absolute atomic E-state index is 11.4. The van der Waals surface area contributed by atoms with Crippen molar-refractivity contribution >= 4 is 5.97 Å². The summed E-state index contributed by atoms with van der Waals surface area (Å²) in [5, 5.41) is 13.8. The molecular weight excluding hydrogens is 212 g/mol. The Morgan fingerprint density at radius 3 is 2.81 bits per heavy atom. The van der Waals surface area contributed by atoms with Crippen molar-refractivity contribution < 1.29 is 19.4 Å². The molecule has 0 bridgehead atoms. The Morgan fingerprint density at radius 1 is 1.62 bits per heavy atom. The van der Waals surface area contributed by atoms with Crippen molar-refractivity contribution in [1.82, 2.24) is 9.78 Å². The minimum atomic E-state index is -1.36. The summed E-state index contributed by atoms with van der Waals surface area (Å²) >= 11 is 0. The number of carbonyl (C=O) groups is 1. The number of hydrogen-bond acceptors (Lipinski definition) is 5. The number of ether oxygens (including phenoxy) is 2. The maximum Gasteiger partial charge on any atom is 0.341 e. The Labute approximate surface area is 93.8 Å². The zero-order valence-corrected chi connectivity index (χ0v) is 9.64. The van der Waals surface area contributed by atoms with E-state index in [0.717, 1.165) is 0 Å². The average molecular weight is 228 g/mol. The van der Waals surface area contributed by atoms with Crippen LogP contribution in [0.5, 0.6) is 5.75 Å². The standard InChI is InChI=1S/C10H16N2O4/c1-4-12-8(7(15-3)6-11-12)9(13)10(14)16-5-2/h6,9,13H,4-5H2,1-3H3. The van der Waals surface area contributed by atoms with E-state index in [4.69, 9.17) is 9.47 Å². The second kappa shape index (κ2) is 5.50. The maximum atomic E-state index is 11.4. The van der Waals surface area contributed by atoms with Crippen LogP contribution in [-0.4, -0.2) is 34.6 Å². The van der Waals surface area contributed by atoms with Crippen molar-refractivity contribution in [1.29, 1.82) is 0 Å². The third-order valence-corrected chi connectivity index (χ3v) is 2.13. The zero-order chi connectivity index (χ0) is 12.1. The van der Waals surface area contributed by atoms with E-state index in [1.54, 1.807) is 6.92 Å². The highest BCUT2D eigenvalue weighted by atomic mass is 16.5. The molecule has 0 amide bonds. The van der Waals surface area contributed by atoms with Gasteiger partial charge in [-0.1, -0.05) is 0 Å². The van der Waals surface area contributed by atoms with Gasteiger partial charge in [0.2, 0.25) is 0 Å². The van der Waals surface area contributed by atoms with Crippen LogP contribution in [0.1, 0.15) is 25.6 Å². The average Bonchev–Trinajstić information content (AvgIpc) is 2.70. The predicted octanol–water partition coefficient (Wildman–Crippen LogP) is 0.508. The van der Waals surface area contributed by atoms with Gasteiger partial charge in [0.25, 0.3) is 0 Å². The first-order chi connectivity index (χ1) is 7.65. The van der Waals surface area contributed by atoms with Gasteiger partial charge in [-0.2, -0.15) is 5.10 Å². The molecule has 0 saturated heterocycles. The van der Waals surface area contributed by atoms with Crippen LogP contribution in [0, 0.1) is 0 Å². The van der Waals surface area contributed by atoms with Crippen LogP contribution in [0.15, 0.2) is 6.20 Å². The first-order valence-corrected chi connectivity index (χ1v) is 5.10. The predicted molar refractivity (Wildman–Crippen MR) is 56.0 cm³/mol. The summed E-state index contributed by atoms with van der Waals surface area (Å²) in [5.41, 5.74) is 0.323. The van der Waals surface area contributed by atoms with E-state index in [-0.39, 0.29) is 6.61 Å². The van der Waals surface area contributed by atoms with Crippen LogP contribution in [0.25, 0.3) is 0 Å². The summed E-state index contributed by atoms with van der Waals surface area (Å²) < 4.78 is 11.3. The zero-order valence-electron chi connectivity index (χ0n) is 9.64. The molecular formula is C10H16N2O4. The van der Waals surface area contributed by atoms with Gasteiger partial charge in [0.15, 0.2) is 11.9 Å². The van der Waals surface area contributed by atoms with Gasteiger partial charge in [0.05, 0.1) is 19.9 Å². The molecule has 1 N–H and O–H groups in total. The fourth-order valence-corrected chi connectivity index (χ4v) is 1.40. The lowest BCUT2D eigenvalue weighted by Gasteiger charge is -2.12. The number of nitrogens with zero attached hydrogens (tertiary/aromatic N) is 2. The molecule has 0 aromatic carbocycles. The molecule has 90 valence electrons. The fraction of sp³-hybridized carbons (Fsp3) is 0.600. The molecule has 6 heteroatoms. The van der Waals surface area contributed by atoms with Crippen LogP contribution in [0.4, 0.5) is 0 Å². The summed E-state index contributed by atoms with van der Waals surface area (Å²) in [6.45, 7) is 4.29. The minimum absolute atomic E-state index is 0.221. The van der Waals surface area contributed by atoms with Gasteiger partial charge in [-0.3, -0.25) is 4.68 Å². The SMILES string of the molecule is CCOC(=O)C(O)c1c(OC)cnn1CC. The molecule has 1 atom stereocenters. The summed E-state index contributed by atoms with van der Waals surface area (Å²) in [6.07, 6.45) is 0.0960. The summed E-state index contributed by atoms with van der Waals surface area (Å²) in [7, 11) is 1.46. The van der Waals surface area contributed by atoms with Gasteiger partial charge < -0.3 is 14.6 Å². The van der Waals surface area contributed by atoms with E-state index in [1.165, 1.54) is 18.0 Å². The number of aryl methyl sites for hydroxylation is 1. The fourth-order valence-electron chi connectivity index (χ4n) is 1.40. The second-order valence-electron chi connectivity index (χ2n) is 3.07. The van der Waals surface area contributed by atoms with Crippen LogP contribution in [0.2, 0.25) is 0 Å². The molecule has 0 aliphatic heterocycles. The molecule has 0 aliphatic carbocycles. The van der Waals surface area contributed by atoms with E-state index < -0.39 is 12.1 Å². The smallest absolute Gasteiger partial charge is 0.341 e. The highest BCUT2D eigenvalue weighted by molar-refractivity contribution is 5.76. The molecule has 0 fully saturated rings. The first-order valence-electron chi connectivity index (χ1n) is 5.10. The third kappa shape index (κ3) is 2.33. The van der Waals surface area contributed by atoms with Crippen LogP contribution in [0.3, 0.4) is 0 Å². The summed E-state index contributed by atoms with van der Waals surface area (Å²) in [5.74, 6) is -0.321. The molecule has 0 saturated carbocycles. The number of esters is 1. The normalized spacial score (nSPS) is 12.2. The Balaban J connectivity index is 3.00. The van der Waals surface area contributed by atoms with Crippen molar-refractivity contribution in [3.63, 3.8) is 0 Å². The van der Waals surface area contributed by atoms with Gasteiger partial charge in [0.1, 0.15) is 5.69 Å². The van der Waals surface area contributed by atoms with Crippen molar-refractivity contribution in [2.45, 2.75) is 26.5 Å². The van der Waals surface area contributed by atoms with E-state index in [2.05, 4.69) is 5.10 Å². The number of methoxy groups -OCH3 is 1. The van der Waals surface area contributed by atoms with Crippen LogP contribution >= 0.6 is 0 Å². The summed E-state index contributed by atoms with van der Waals surface area (Å²) in [6, 6.07) is 0. The molecule has 1 aromatic rings. The highest BCUT2D eigenvalue weighted by Crippen LogP contribution is 2.25. The highest BCUT2D eigenvalue weighted by Gasteiger charge is 2.26. The lowest BCUT2D eigenvalue weighted by Crippen LogP contribution is -2.19. The molecule has 16 heavy (non-hydrogen) atoms. The molecule has 1 unspecified atom stereocenters. The molecule has 0 radical (unpaired) electrons. The molecule has 6 nitrogen and oxygen atoms in total. The number of aromatic nitrogens is 2. The largest absolute Gasteiger partial charge is 0.493 e. The molecule has 1 aromatic heterocycles. The van der Waals surface area contributed by atoms with Gasteiger partial charge in [-0.25, -0.2) is 4.79 Å². The number of carbonyl (C=O) groups excluding carboxylic acids is 1. The first kappa shape index (κ1) is 12.5. The second-order valence-corrected chi connectivity index (χ2v) is 3.07. The molecule has 0 aliphatic rings. The Kier molecular flexibility index (Phi) is 4.30. The van der Waals surface area contributed by atoms with Crippen LogP contribution < -0.4 is 4.74 Å². The van der Waals surface area contributed by atoms with Gasteiger partial charge in [0, 0.05) is 6.54 Å². The lowest BCUT2D eigenvalue weighted by molar-refractivity contribution is -0.153. The quantitative estimate of drug-likeness (QED) is 0.743. The van der Waals surface area contributed by atoms with Crippen molar-refractivity contribution in [3.05, 3.63) is 11.9 Å². The van der Waals surface area contributed by atoms with Gasteiger partial charge in [-0.15, -0.1) is 0 Å². The van der Waals surface area contributed by atoms with Crippen molar-refractivity contribution in [3.8, 4) is 5.75 Å². The third-order valence-electron chi connectivity index (χ3n) is 2.13. The number of rotatable bonds is 5. The van der Waals surface area contributed by atoms with Crippen molar-refractivity contribution in [2.75, 3.05) is 13.7 Å². The molecule has 0 spiro atoms. The van der Waals surface area contributed by atoms with Crippen LogP contribution in [-0.2, 0) is 16.1 Å². The van der Waals surface area contributed by atoms with Gasteiger partial charge in [-0.05, 0) is 13.8 Å². The Bertz CT molecular complexity index is 340. The van der Waals surface area contributed by atoms with Crippen molar-refractivity contribution in [2.24, 2.45) is 0 Å². The van der Waals surface area contributed by atoms with Gasteiger partial charge >= 0.3 is 5.97 Å². The lowest BCUT2D eigenvalue weighted by atomic mass is 10.2. The van der Waals surface area contributed by atoms with E-state index in [0.29, 0.717) is 18.0 Å². The van der Waals surface area contributed by atoms with E-state index in [1.807, 2.05) is 6.92 Å². The van der Waals surface area contributed by atoms with E-state index in [9.17, 15) is 9.90 Å². The Hall–Kier alpha value is -1.56.